The summed E-state index contributed by atoms with van der Waals surface area (Å²) >= 11 is 1.96. The van der Waals surface area contributed by atoms with Gasteiger partial charge >= 0.3 is 5.97 Å². The van der Waals surface area contributed by atoms with Crippen molar-refractivity contribution in [1.29, 1.82) is 0 Å². The molecule has 0 saturated heterocycles. The molecule has 21 heavy (non-hydrogen) atoms. The Morgan fingerprint density at radius 1 is 1.05 bits per heavy atom. The zero-order valence-corrected chi connectivity index (χ0v) is 13.7. The van der Waals surface area contributed by atoms with E-state index in [1.165, 1.54) is 19.3 Å². The van der Waals surface area contributed by atoms with Crippen LogP contribution in [0.1, 0.15) is 58.3 Å². The number of nitrogens with one attached hydrogen (secondary N) is 1. The van der Waals surface area contributed by atoms with Gasteiger partial charge in [0.15, 0.2) is 0 Å². The second-order valence-electron chi connectivity index (χ2n) is 6.28. The van der Waals surface area contributed by atoms with Crippen LogP contribution in [0.5, 0.6) is 0 Å². The molecule has 0 radical (unpaired) electrons. The Balaban J connectivity index is 1.82. The quantitative estimate of drug-likeness (QED) is 0.818. The van der Waals surface area contributed by atoms with Gasteiger partial charge in [-0.3, -0.25) is 9.59 Å². The Morgan fingerprint density at radius 2 is 1.67 bits per heavy atom. The molecule has 2 aliphatic rings. The molecule has 0 aromatic carbocycles. The summed E-state index contributed by atoms with van der Waals surface area (Å²) in [5.41, 5.74) is 0. The number of hydrogen-bond acceptors (Lipinski definition) is 3. The first-order valence-corrected chi connectivity index (χ1v) is 9.31. The largest absolute Gasteiger partial charge is 0.481 e. The molecule has 4 nitrogen and oxygen atoms in total. The lowest BCUT2D eigenvalue weighted by atomic mass is 9.81. The lowest BCUT2D eigenvalue weighted by Crippen LogP contribution is -2.46. The fourth-order valence-corrected chi connectivity index (χ4v) is 4.78. The molecule has 2 rings (SSSR count). The predicted molar refractivity (Wildman–Crippen MR) is 85.4 cm³/mol. The van der Waals surface area contributed by atoms with E-state index in [0.29, 0.717) is 24.1 Å². The summed E-state index contributed by atoms with van der Waals surface area (Å²) in [7, 11) is 0. The Labute approximate surface area is 131 Å². The van der Waals surface area contributed by atoms with Crippen LogP contribution in [0, 0.1) is 11.8 Å². The van der Waals surface area contributed by atoms with Crippen LogP contribution in [0.3, 0.4) is 0 Å². The maximum atomic E-state index is 12.4. The van der Waals surface area contributed by atoms with Crippen LogP contribution < -0.4 is 5.32 Å². The minimum Gasteiger partial charge on any atom is -0.481 e. The van der Waals surface area contributed by atoms with Gasteiger partial charge in [0.25, 0.3) is 0 Å². The molecule has 0 aromatic heterocycles. The maximum absolute atomic E-state index is 12.4. The van der Waals surface area contributed by atoms with Crippen molar-refractivity contribution in [1.82, 2.24) is 5.32 Å². The van der Waals surface area contributed by atoms with Crippen LogP contribution in [0.15, 0.2) is 0 Å². The monoisotopic (exact) mass is 313 g/mol. The van der Waals surface area contributed by atoms with Gasteiger partial charge in [0.1, 0.15) is 0 Å². The number of aliphatic carboxylic acids is 1. The first-order valence-electron chi connectivity index (χ1n) is 8.26. The summed E-state index contributed by atoms with van der Waals surface area (Å²) in [6, 6.07) is 0.313. The van der Waals surface area contributed by atoms with E-state index in [1.807, 2.05) is 11.8 Å². The normalized spacial score (nSPS) is 33.4. The molecule has 0 bridgehead atoms. The van der Waals surface area contributed by atoms with Crippen LogP contribution in [-0.2, 0) is 9.59 Å². The van der Waals surface area contributed by atoms with E-state index < -0.39 is 5.97 Å². The van der Waals surface area contributed by atoms with Crippen molar-refractivity contribution in [3.8, 4) is 0 Å². The number of amides is 1. The highest BCUT2D eigenvalue weighted by atomic mass is 32.2. The minimum atomic E-state index is -0.708. The molecule has 2 N–H and O–H groups in total. The number of thioether (sulfide) groups is 1. The molecule has 1 amide bonds. The first kappa shape index (κ1) is 16.7. The molecule has 0 aliphatic heterocycles. The van der Waals surface area contributed by atoms with E-state index in [-0.39, 0.29) is 17.7 Å². The fraction of sp³-hybridized carbons (Fsp3) is 0.875. The summed E-state index contributed by atoms with van der Waals surface area (Å²) in [4.78, 5) is 23.4. The van der Waals surface area contributed by atoms with Crippen molar-refractivity contribution in [2.45, 2.75) is 69.6 Å². The number of carbonyl (C=O) groups excluding carboxylic acids is 1. The van der Waals surface area contributed by atoms with Gasteiger partial charge in [-0.05, 0) is 44.3 Å². The third-order valence-corrected chi connectivity index (χ3v) is 6.18. The third kappa shape index (κ3) is 4.63. The van der Waals surface area contributed by atoms with Gasteiger partial charge in [-0.15, -0.1) is 0 Å². The Morgan fingerprint density at radius 3 is 2.29 bits per heavy atom. The van der Waals surface area contributed by atoms with Crippen LogP contribution in [0.4, 0.5) is 0 Å². The summed E-state index contributed by atoms with van der Waals surface area (Å²) < 4.78 is 0. The number of hydrogen-bond donors (Lipinski definition) is 2. The fourth-order valence-electron chi connectivity index (χ4n) is 3.58. The molecule has 0 aromatic rings. The van der Waals surface area contributed by atoms with Crippen molar-refractivity contribution in [3.63, 3.8) is 0 Å². The van der Waals surface area contributed by atoms with Crippen molar-refractivity contribution in [3.05, 3.63) is 0 Å². The third-order valence-electron chi connectivity index (χ3n) is 4.86. The molecule has 5 heteroatoms. The van der Waals surface area contributed by atoms with Gasteiger partial charge < -0.3 is 10.4 Å². The molecular formula is C16H27NO3S. The zero-order valence-electron chi connectivity index (χ0n) is 12.8. The summed E-state index contributed by atoms with van der Waals surface area (Å²) in [6.07, 6.45) is 7.51. The van der Waals surface area contributed by atoms with Crippen LogP contribution >= 0.6 is 11.8 Å². The molecule has 2 fully saturated rings. The van der Waals surface area contributed by atoms with Crippen LogP contribution in [0.2, 0.25) is 0 Å². The highest BCUT2D eigenvalue weighted by Gasteiger charge is 2.32. The van der Waals surface area contributed by atoms with Crippen molar-refractivity contribution in [2.75, 3.05) is 5.75 Å². The van der Waals surface area contributed by atoms with E-state index in [1.54, 1.807) is 0 Å². The summed E-state index contributed by atoms with van der Waals surface area (Å²) in [6.45, 7) is 2.17. The van der Waals surface area contributed by atoms with E-state index in [2.05, 4.69) is 12.2 Å². The summed E-state index contributed by atoms with van der Waals surface area (Å²) in [5, 5.41) is 12.8. The van der Waals surface area contributed by atoms with Gasteiger partial charge in [0.2, 0.25) is 5.91 Å². The standard InChI is InChI=1S/C16H27NO3S/c1-2-21-14-6-4-3-5-13(14)17-15(18)11-7-9-12(10-8-11)16(19)20/h11-14H,2-10H2,1H3,(H,17,18)(H,19,20). The highest BCUT2D eigenvalue weighted by Crippen LogP contribution is 2.31. The van der Waals surface area contributed by atoms with Gasteiger partial charge in [-0.25, -0.2) is 0 Å². The van der Waals surface area contributed by atoms with E-state index >= 15 is 0 Å². The predicted octanol–water partition coefficient (Wildman–Crippen LogP) is 3.06. The van der Waals surface area contributed by atoms with Gasteiger partial charge in [-0.1, -0.05) is 19.8 Å². The maximum Gasteiger partial charge on any atom is 0.306 e. The molecule has 120 valence electrons. The highest BCUT2D eigenvalue weighted by molar-refractivity contribution is 7.99. The second kappa shape index (κ2) is 8.06. The van der Waals surface area contributed by atoms with Crippen LogP contribution in [-0.4, -0.2) is 34.0 Å². The van der Waals surface area contributed by atoms with Gasteiger partial charge in [0, 0.05) is 17.2 Å². The van der Waals surface area contributed by atoms with Gasteiger partial charge in [0.05, 0.1) is 5.92 Å². The number of carbonyl (C=O) groups is 2. The molecule has 2 atom stereocenters. The van der Waals surface area contributed by atoms with E-state index in [0.717, 1.165) is 25.0 Å². The second-order valence-corrected chi connectivity index (χ2v) is 7.80. The summed E-state index contributed by atoms with van der Waals surface area (Å²) in [5.74, 6) is 0.329. The van der Waals surface area contributed by atoms with Crippen molar-refractivity contribution < 1.29 is 14.7 Å². The van der Waals surface area contributed by atoms with Gasteiger partial charge in [-0.2, -0.15) is 11.8 Å². The topological polar surface area (TPSA) is 66.4 Å². The zero-order chi connectivity index (χ0) is 15.2. The molecule has 0 heterocycles. The molecule has 2 aliphatic carbocycles. The average Bonchev–Trinajstić information content (AvgIpc) is 2.49. The number of carboxylic acids is 1. The Kier molecular flexibility index (Phi) is 6.40. The lowest BCUT2D eigenvalue weighted by molar-refractivity contribution is -0.144. The molecule has 0 spiro atoms. The SMILES string of the molecule is CCSC1CCCCC1NC(=O)C1CCC(C(=O)O)CC1. The Bertz CT molecular complexity index is 365. The van der Waals surface area contributed by atoms with Crippen LogP contribution in [0.25, 0.3) is 0 Å². The van der Waals surface area contributed by atoms with E-state index in [4.69, 9.17) is 5.11 Å². The van der Waals surface area contributed by atoms with Crippen molar-refractivity contribution in [2.24, 2.45) is 11.8 Å². The lowest BCUT2D eigenvalue weighted by Gasteiger charge is -2.33. The van der Waals surface area contributed by atoms with Crippen molar-refractivity contribution >= 4 is 23.6 Å². The number of rotatable bonds is 5. The Hall–Kier alpha value is -0.710. The average molecular weight is 313 g/mol. The van der Waals surface area contributed by atoms with E-state index in [9.17, 15) is 9.59 Å². The number of carboxylic acid groups (broad SMARTS) is 1. The smallest absolute Gasteiger partial charge is 0.306 e. The molecular weight excluding hydrogens is 286 g/mol. The first-order chi connectivity index (χ1) is 10.1. The molecule has 2 saturated carbocycles. The minimum absolute atomic E-state index is 0.0230. The molecule has 2 unspecified atom stereocenters.